The molecule has 5 N–H and O–H groups in total. The molecule has 0 radical (unpaired) electrons. The average molecular weight is 862 g/mol. The van der Waals surface area contributed by atoms with Crippen molar-refractivity contribution in [3.8, 4) is 22.8 Å². The Balaban J connectivity index is 0.787. The van der Waals surface area contributed by atoms with Crippen molar-refractivity contribution in [2.45, 2.75) is 69.9 Å². The van der Waals surface area contributed by atoms with Crippen molar-refractivity contribution in [3.05, 3.63) is 99.7 Å². The Kier molecular flexibility index (Phi) is 13.3. The number of carbonyl (C=O) groups is 8. The number of hydrogen-bond acceptors (Lipinski definition) is 12. The van der Waals surface area contributed by atoms with E-state index in [1.165, 1.54) is 41.3 Å². The summed E-state index contributed by atoms with van der Waals surface area (Å²) < 4.78 is 11.0. The SMILES string of the molecule is CN(C)C(=O)c1ccc(-c2cc(C(=O)N[C@@H]3CCc4ccc(C(=O)NCCCCCCCNC(=O)COc5cccc6c5C(=O)N(C5CCC(=O)NC5=O)C6=O)cc43)no2)cc1O. The number of phenols is 1. The summed E-state index contributed by atoms with van der Waals surface area (Å²) in [5, 5.41) is 25.2. The van der Waals surface area contributed by atoms with Gasteiger partial charge in [-0.25, -0.2) is 0 Å². The van der Waals surface area contributed by atoms with Crippen molar-refractivity contribution in [3.63, 3.8) is 0 Å². The van der Waals surface area contributed by atoms with Gasteiger partial charge in [-0.15, -0.1) is 0 Å². The predicted octanol–water partition coefficient (Wildman–Crippen LogP) is 3.44. The van der Waals surface area contributed by atoms with E-state index in [-0.39, 0.29) is 76.9 Å². The molecule has 7 rings (SSSR count). The average Bonchev–Trinajstić information content (AvgIpc) is 3.99. The Morgan fingerprint density at radius 2 is 1.63 bits per heavy atom. The minimum absolute atomic E-state index is 0.00286. The number of imide groups is 2. The van der Waals surface area contributed by atoms with Crippen LogP contribution in [0.4, 0.5) is 0 Å². The van der Waals surface area contributed by atoms with Crippen LogP contribution in [0.2, 0.25) is 0 Å². The summed E-state index contributed by atoms with van der Waals surface area (Å²) in [6.07, 6.45) is 5.49. The third-order valence-electron chi connectivity index (χ3n) is 11.2. The monoisotopic (exact) mass is 861 g/mol. The fourth-order valence-electron chi connectivity index (χ4n) is 7.86. The molecule has 2 aliphatic heterocycles. The summed E-state index contributed by atoms with van der Waals surface area (Å²) in [5.74, 6) is -3.91. The quantitative estimate of drug-likeness (QED) is 0.0757. The van der Waals surface area contributed by atoms with Gasteiger partial charge >= 0.3 is 0 Å². The smallest absolute Gasteiger partial charge is 0.273 e. The lowest BCUT2D eigenvalue weighted by Crippen LogP contribution is -2.54. The minimum Gasteiger partial charge on any atom is -0.507 e. The molecule has 18 nitrogen and oxygen atoms in total. The molecule has 1 aliphatic carbocycles. The molecule has 2 atom stereocenters. The van der Waals surface area contributed by atoms with Crippen molar-refractivity contribution in [2.24, 2.45) is 0 Å². The normalized spacial score (nSPS) is 16.6. The van der Waals surface area contributed by atoms with Crippen molar-refractivity contribution in [1.82, 2.24) is 36.2 Å². The molecule has 3 heterocycles. The van der Waals surface area contributed by atoms with E-state index < -0.39 is 41.5 Å². The van der Waals surface area contributed by atoms with E-state index in [2.05, 4.69) is 26.4 Å². The number of aromatic nitrogens is 1. The van der Waals surface area contributed by atoms with Crippen molar-refractivity contribution < 1.29 is 52.7 Å². The summed E-state index contributed by atoms with van der Waals surface area (Å²) >= 11 is 0. The molecule has 63 heavy (non-hydrogen) atoms. The summed E-state index contributed by atoms with van der Waals surface area (Å²) in [6.45, 7) is 0.507. The van der Waals surface area contributed by atoms with Crippen LogP contribution >= 0.6 is 0 Å². The number of ether oxygens (including phenoxy) is 1. The summed E-state index contributed by atoms with van der Waals surface area (Å²) in [7, 11) is 3.17. The highest BCUT2D eigenvalue weighted by Gasteiger charge is 2.46. The van der Waals surface area contributed by atoms with Crippen LogP contribution in [-0.4, -0.2) is 107 Å². The van der Waals surface area contributed by atoms with Crippen LogP contribution in [0.3, 0.4) is 0 Å². The van der Waals surface area contributed by atoms with Gasteiger partial charge < -0.3 is 35.2 Å². The molecule has 4 aromatic rings. The van der Waals surface area contributed by atoms with Gasteiger partial charge in [0, 0.05) is 50.8 Å². The molecular formula is C45H47N7O11. The zero-order valence-corrected chi connectivity index (χ0v) is 34.8. The number of phenolic OH excluding ortho intramolecular Hbond substituents is 1. The fraction of sp³-hybridized carbons (Fsp3) is 0.356. The predicted molar refractivity (Wildman–Crippen MR) is 224 cm³/mol. The number of aromatic hydroxyl groups is 1. The Hall–Kier alpha value is -7.37. The maximum absolute atomic E-state index is 13.2. The van der Waals surface area contributed by atoms with Crippen LogP contribution in [0.1, 0.15) is 120 Å². The maximum Gasteiger partial charge on any atom is 0.273 e. The van der Waals surface area contributed by atoms with E-state index in [1.54, 1.807) is 32.3 Å². The number of benzene rings is 3. The highest BCUT2D eigenvalue weighted by molar-refractivity contribution is 6.24. The molecule has 1 aromatic heterocycles. The van der Waals surface area contributed by atoms with E-state index in [9.17, 15) is 43.5 Å². The molecule has 0 bridgehead atoms. The van der Waals surface area contributed by atoms with Crippen molar-refractivity contribution >= 4 is 47.3 Å². The first-order valence-corrected chi connectivity index (χ1v) is 20.8. The minimum atomic E-state index is -1.11. The molecule has 3 aliphatic rings. The first-order chi connectivity index (χ1) is 30.3. The lowest BCUT2D eigenvalue weighted by molar-refractivity contribution is -0.136. The number of nitrogens with one attached hydrogen (secondary N) is 4. The lowest BCUT2D eigenvalue weighted by Gasteiger charge is -2.27. The second kappa shape index (κ2) is 19.1. The third kappa shape index (κ3) is 9.74. The lowest BCUT2D eigenvalue weighted by atomic mass is 10.0. The molecule has 1 fully saturated rings. The van der Waals surface area contributed by atoms with Crippen molar-refractivity contribution in [2.75, 3.05) is 33.8 Å². The molecule has 18 heteroatoms. The van der Waals surface area contributed by atoms with Gasteiger partial charge in [0.2, 0.25) is 11.8 Å². The number of amides is 8. The highest BCUT2D eigenvalue weighted by atomic mass is 16.5. The van der Waals surface area contributed by atoms with Crippen LogP contribution < -0.4 is 26.0 Å². The van der Waals surface area contributed by atoms with E-state index >= 15 is 0 Å². The number of hydrogen-bond donors (Lipinski definition) is 5. The zero-order chi connectivity index (χ0) is 44.8. The van der Waals surface area contributed by atoms with Gasteiger partial charge in [-0.1, -0.05) is 42.6 Å². The number of unbranched alkanes of at least 4 members (excludes halogenated alkanes) is 4. The number of aryl methyl sites for hydroxylation is 1. The highest BCUT2D eigenvalue weighted by Crippen LogP contribution is 2.35. The van der Waals surface area contributed by atoms with E-state index in [1.807, 2.05) is 6.07 Å². The first-order valence-electron chi connectivity index (χ1n) is 20.8. The van der Waals surface area contributed by atoms with Gasteiger partial charge in [-0.05, 0) is 79.6 Å². The van der Waals surface area contributed by atoms with Crippen LogP contribution in [0.25, 0.3) is 11.3 Å². The van der Waals surface area contributed by atoms with Gasteiger partial charge in [0.25, 0.3) is 35.4 Å². The Bertz CT molecular complexity index is 2500. The van der Waals surface area contributed by atoms with Crippen molar-refractivity contribution in [1.29, 1.82) is 0 Å². The number of piperidine rings is 1. The van der Waals surface area contributed by atoms with E-state index in [4.69, 9.17) is 9.26 Å². The topological polar surface area (TPSA) is 247 Å². The van der Waals surface area contributed by atoms with Gasteiger partial charge in [0.05, 0.1) is 22.7 Å². The third-order valence-corrected chi connectivity index (χ3v) is 11.2. The van der Waals surface area contributed by atoms with Crippen LogP contribution in [0, 0.1) is 0 Å². The molecule has 1 unspecified atom stereocenters. The van der Waals surface area contributed by atoms with Gasteiger partial charge in [-0.3, -0.25) is 48.6 Å². The molecule has 328 valence electrons. The van der Waals surface area contributed by atoms with Gasteiger partial charge in [-0.2, -0.15) is 0 Å². The largest absolute Gasteiger partial charge is 0.507 e. The van der Waals surface area contributed by atoms with Gasteiger partial charge in [0.1, 0.15) is 17.5 Å². The number of nitrogens with zero attached hydrogens (tertiary/aromatic N) is 3. The summed E-state index contributed by atoms with van der Waals surface area (Å²) in [4.78, 5) is 103. The Labute approximate surface area is 361 Å². The van der Waals surface area contributed by atoms with E-state index in [0.29, 0.717) is 30.6 Å². The number of carbonyl (C=O) groups excluding carboxylic acids is 8. The zero-order valence-electron chi connectivity index (χ0n) is 34.8. The molecule has 3 aromatic carbocycles. The van der Waals surface area contributed by atoms with Crippen LogP contribution in [-0.2, 0) is 20.8 Å². The number of rotatable bonds is 17. The summed E-state index contributed by atoms with van der Waals surface area (Å²) in [6, 6.07) is 14.4. The van der Waals surface area contributed by atoms with Crippen LogP contribution in [0.5, 0.6) is 11.5 Å². The fourth-order valence-corrected chi connectivity index (χ4v) is 7.86. The standard InChI is InChI=1S/C45H47N7O11/c1-51(2)43(59)28-15-13-26(22-34(28)53)36-23-32(50-63-36)41(57)48-31-16-14-25-11-12-27(21-30(25)31)40(56)47-20-7-5-3-4-6-19-46-38(55)24-62-35-10-8-9-29-39(35)45(61)52(44(29)60)33-17-18-37(54)49-42(33)58/h8-13,15,21-23,31,33,53H,3-7,14,16-20,24H2,1-2H3,(H,46,55)(H,47,56)(H,48,57)(H,49,54,58)/t31-,33?/m1/s1. The molecule has 0 saturated carbocycles. The molecule has 1 saturated heterocycles. The second-order valence-corrected chi connectivity index (χ2v) is 15.8. The Morgan fingerprint density at radius 1 is 0.873 bits per heavy atom. The van der Waals surface area contributed by atoms with Crippen LogP contribution in [0.15, 0.2) is 65.2 Å². The Morgan fingerprint density at radius 3 is 2.38 bits per heavy atom. The molecule has 8 amide bonds. The second-order valence-electron chi connectivity index (χ2n) is 15.8. The maximum atomic E-state index is 13.2. The van der Waals surface area contributed by atoms with E-state index in [0.717, 1.165) is 54.6 Å². The molecule has 0 spiro atoms. The first kappa shape index (κ1) is 43.7. The molecular weight excluding hydrogens is 815 g/mol. The summed E-state index contributed by atoms with van der Waals surface area (Å²) in [5.41, 5.74) is 3.05. The van der Waals surface area contributed by atoms with Gasteiger partial charge in [0.15, 0.2) is 18.1 Å². The number of fused-ring (bicyclic) bond motifs is 2.